The highest BCUT2D eigenvalue weighted by molar-refractivity contribution is 5.83. The van der Waals surface area contributed by atoms with Crippen LogP contribution in [0.4, 0.5) is 0 Å². The van der Waals surface area contributed by atoms with Gasteiger partial charge in [0.15, 0.2) is 6.61 Å². The summed E-state index contributed by atoms with van der Waals surface area (Å²) in [5.74, 6) is -2.43. The van der Waals surface area contributed by atoms with Crippen molar-refractivity contribution >= 4 is 17.9 Å². The van der Waals surface area contributed by atoms with Crippen molar-refractivity contribution in [2.75, 3.05) is 6.61 Å². The predicted octanol–water partition coefficient (Wildman–Crippen LogP) is 0.571. The molecule has 2 aliphatic heterocycles. The van der Waals surface area contributed by atoms with Crippen LogP contribution in [0.5, 0.6) is 0 Å². The van der Waals surface area contributed by atoms with Gasteiger partial charge in [0.1, 0.15) is 12.2 Å². The van der Waals surface area contributed by atoms with Crippen LogP contribution in [0.2, 0.25) is 0 Å². The van der Waals surface area contributed by atoms with E-state index in [1.54, 1.807) is 6.92 Å². The van der Waals surface area contributed by atoms with E-state index >= 15 is 0 Å². The van der Waals surface area contributed by atoms with E-state index in [1.165, 1.54) is 0 Å². The van der Waals surface area contributed by atoms with Crippen LogP contribution < -0.4 is 0 Å². The Labute approximate surface area is 122 Å². The zero-order chi connectivity index (χ0) is 15.6. The van der Waals surface area contributed by atoms with Gasteiger partial charge in [-0.3, -0.25) is 4.79 Å². The lowest BCUT2D eigenvalue weighted by atomic mass is 9.88. The highest BCUT2D eigenvalue weighted by Crippen LogP contribution is 2.42. The summed E-state index contributed by atoms with van der Waals surface area (Å²) in [5, 5.41) is 0. The maximum absolute atomic E-state index is 11.8. The third-order valence-corrected chi connectivity index (χ3v) is 3.71. The molecule has 0 aromatic rings. The molecule has 116 valence electrons. The third-order valence-electron chi connectivity index (χ3n) is 3.71. The van der Waals surface area contributed by atoms with Gasteiger partial charge in [0.05, 0.1) is 5.92 Å². The molecule has 2 fully saturated rings. The van der Waals surface area contributed by atoms with Gasteiger partial charge in [0, 0.05) is 12.0 Å². The fourth-order valence-electron chi connectivity index (χ4n) is 2.71. The largest absolute Gasteiger partial charge is 0.460 e. The standard InChI is InChI=1S/C14H18O7/c1-4-8-11-12(7(3)19-13(11)17)21-14(8)20-10(16)6-18-9(15)5-2/h5,7-8,11-12,14H,2,4,6H2,1,3H3. The molecule has 21 heavy (non-hydrogen) atoms. The molecular formula is C14H18O7. The van der Waals surface area contributed by atoms with Crippen LogP contribution in [-0.4, -0.2) is 43.0 Å². The summed E-state index contributed by atoms with van der Waals surface area (Å²) in [5.41, 5.74) is 0. The van der Waals surface area contributed by atoms with Gasteiger partial charge in [0.2, 0.25) is 6.29 Å². The molecule has 7 nitrogen and oxygen atoms in total. The van der Waals surface area contributed by atoms with Crippen LogP contribution in [0.25, 0.3) is 0 Å². The Balaban J connectivity index is 1.94. The number of fused-ring (bicyclic) bond motifs is 1. The van der Waals surface area contributed by atoms with Crippen molar-refractivity contribution in [3.05, 3.63) is 12.7 Å². The molecule has 7 heteroatoms. The molecule has 0 aromatic carbocycles. The van der Waals surface area contributed by atoms with Crippen molar-refractivity contribution in [3.63, 3.8) is 0 Å². The topological polar surface area (TPSA) is 88.1 Å². The second-order valence-corrected chi connectivity index (χ2v) is 5.01. The van der Waals surface area contributed by atoms with E-state index in [2.05, 4.69) is 11.3 Å². The number of hydrogen-bond acceptors (Lipinski definition) is 7. The van der Waals surface area contributed by atoms with E-state index in [-0.39, 0.29) is 18.0 Å². The molecular weight excluding hydrogens is 280 g/mol. The quantitative estimate of drug-likeness (QED) is 0.416. The van der Waals surface area contributed by atoms with Crippen LogP contribution in [-0.2, 0) is 33.3 Å². The lowest BCUT2D eigenvalue weighted by Crippen LogP contribution is -2.30. The van der Waals surface area contributed by atoms with Crippen molar-refractivity contribution in [2.45, 2.75) is 38.8 Å². The van der Waals surface area contributed by atoms with Crippen LogP contribution in [0.3, 0.4) is 0 Å². The molecule has 5 unspecified atom stereocenters. The summed E-state index contributed by atoms with van der Waals surface area (Å²) in [7, 11) is 0. The first kappa shape index (κ1) is 15.5. The first-order valence-corrected chi connectivity index (χ1v) is 6.82. The van der Waals surface area contributed by atoms with Gasteiger partial charge in [-0.2, -0.15) is 0 Å². The Morgan fingerprint density at radius 3 is 2.76 bits per heavy atom. The average molecular weight is 298 g/mol. The lowest BCUT2D eigenvalue weighted by molar-refractivity contribution is -0.193. The summed E-state index contributed by atoms with van der Waals surface area (Å²) in [6, 6.07) is 0. The number of hydrogen-bond donors (Lipinski definition) is 0. The highest BCUT2D eigenvalue weighted by Gasteiger charge is 2.56. The van der Waals surface area contributed by atoms with E-state index in [4.69, 9.17) is 14.2 Å². The molecule has 2 saturated heterocycles. The number of cyclic esters (lactones) is 1. The maximum Gasteiger partial charge on any atom is 0.346 e. The average Bonchev–Trinajstić information content (AvgIpc) is 2.94. The van der Waals surface area contributed by atoms with E-state index in [9.17, 15) is 14.4 Å². The van der Waals surface area contributed by atoms with Gasteiger partial charge in [-0.1, -0.05) is 13.5 Å². The maximum atomic E-state index is 11.8. The molecule has 0 bridgehead atoms. The Hall–Kier alpha value is -1.89. The number of esters is 3. The Kier molecular flexibility index (Phi) is 4.62. The van der Waals surface area contributed by atoms with Crippen molar-refractivity contribution in [3.8, 4) is 0 Å². The number of rotatable bonds is 5. The molecule has 5 atom stereocenters. The van der Waals surface area contributed by atoms with Gasteiger partial charge in [-0.05, 0) is 13.3 Å². The normalized spacial score (nSPS) is 34.0. The second-order valence-electron chi connectivity index (χ2n) is 5.01. The number of ether oxygens (including phenoxy) is 4. The molecule has 2 heterocycles. The molecule has 0 amide bonds. The van der Waals surface area contributed by atoms with Gasteiger partial charge in [-0.15, -0.1) is 0 Å². The van der Waals surface area contributed by atoms with E-state index < -0.39 is 36.9 Å². The Morgan fingerprint density at radius 1 is 1.43 bits per heavy atom. The first-order valence-electron chi connectivity index (χ1n) is 6.82. The Morgan fingerprint density at radius 2 is 2.14 bits per heavy atom. The zero-order valence-corrected chi connectivity index (χ0v) is 11.9. The van der Waals surface area contributed by atoms with Crippen LogP contribution >= 0.6 is 0 Å². The highest BCUT2D eigenvalue weighted by atomic mass is 16.7. The van der Waals surface area contributed by atoms with Crippen molar-refractivity contribution in [1.82, 2.24) is 0 Å². The predicted molar refractivity (Wildman–Crippen MR) is 68.7 cm³/mol. The molecule has 0 aliphatic carbocycles. The van der Waals surface area contributed by atoms with Gasteiger partial charge >= 0.3 is 17.9 Å². The van der Waals surface area contributed by atoms with Crippen molar-refractivity contribution in [2.24, 2.45) is 11.8 Å². The second kappa shape index (κ2) is 6.26. The molecule has 0 N–H and O–H groups in total. The summed E-state index contributed by atoms with van der Waals surface area (Å²) in [6.07, 6.45) is -0.0334. The minimum absolute atomic E-state index is 0.258. The third kappa shape index (κ3) is 3.07. The fraction of sp³-hybridized carbons (Fsp3) is 0.643. The SMILES string of the molecule is C=CC(=O)OCC(=O)OC1OC2C(C)OC(=O)C2C1CC. The zero-order valence-electron chi connectivity index (χ0n) is 11.9. The Bertz CT molecular complexity index is 458. The van der Waals surface area contributed by atoms with Gasteiger partial charge < -0.3 is 18.9 Å². The van der Waals surface area contributed by atoms with E-state index in [0.29, 0.717) is 6.42 Å². The van der Waals surface area contributed by atoms with Gasteiger partial charge in [0.25, 0.3) is 0 Å². The van der Waals surface area contributed by atoms with E-state index in [1.807, 2.05) is 6.92 Å². The van der Waals surface area contributed by atoms with E-state index in [0.717, 1.165) is 6.08 Å². The fourth-order valence-corrected chi connectivity index (χ4v) is 2.71. The summed E-state index contributed by atoms with van der Waals surface area (Å²) >= 11 is 0. The van der Waals surface area contributed by atoms with Crippen molar-refractivity contribution in [1.29, 1.82) is 0 Å². The molecule has 0 radical (unpaired) electrons. The van der Waals surface area contributed by atoms with Crippen LogP contribution in [0.15, 0.2) is 12.7 Å². The van der Waals surface area contributed by atoms with Gasteiger partial charge in [-0.25, -0.2) is 9.59 Å². The molecule has 0 saturated carbocycles. The number of carbonyl (C=O) groups excluding carboxylic acids is 3. The summed E-state index contributed by atoms with van der Waals surface area (Å²) in [6.45, 7) is 6.32. The van der Waals surface area contributed by atoms with Crippen LogP contribution in [0.1, 0.15) is 20.3 Å². The molecule has 0 aromatic heterocycles. The molecule has 0 spiro atoms. The lowest BCUT2D eigenvalue weighted by Gasteiger charge is -2.20. The first-order chi connectivity index (χ1) is 9.97. The summed E-state index contributed by atoms with van der Waals surface area (Å²) < 4.78 is 20.5. The molecule has 2 aliphatic rings. The minimum Gasteiger partial charge on any atom is -0.460 e. The number of carbonyl (C=O) groups is 3. The minimum atomic E-state index is -0.824. The smallest absolute Gasteiger partial charge is 0.346 e. The summed E-state index contributed by atoms with van der Waals surface area (Å²) in [4.78, 5) is 34.3. The molecule has 2 rings (SSSR count). The monoisotopic (exact) mass is 298 g/mol. The van der Waals surface area contributed by atoms with Crippen molar-refractivity contribution < 1.29 is 33.3 Å². The van der Waals surface area contributed by atoms with Crippen LogP contribution in [0, 0.1) is 11.8 Å².